The molecule has 1 aliphatic rings. The standard InChI is InChI=1S/C26H29N5O6S/c1-35-17-9-5-15(6-10-17)22(25(33)29-14-19-4-3-13-37-19)31(16-7-11-18(36-2)12-8-16)26(34)23-20(27)21(24(28)32)30-38-23/h5-12,19,22H,3-4,13-14,27H2,1-2H3,(H2,28,32)(H,29,33)/t19-,22-/m1/s1. The number of ether oxygens (including phenoxy) is 3. The van der Waals surface area contributed by atoms with Gasteiger partial charge in [0.2, 0.25) is 5.91 Å². The van der Waals surface area contributed by atoms with Gasteiger partial charge in [-0.2, -0.15) is 4.37 Å². The molecular weight excluding hydrogens is 510 g/mol. The lowest BCUT2D eigenvalue weighted by atomic mass is 10.0. The predicted molar refractivity (Wildman–Crippen MR) is 143 cm³/mol. The Hall–Kier alpha value is -4.16. The lowest BCUT2D eigenvalue weighted by Gasteiger charge is -2.31. The highest BCUT2D eigenvalue weighted by atomic mass is 32.1. The summed E-state index contributed by atoms with van der Waals surface area (Å²) in [6, 6.07) is 12.4. The average Bonchev–Trinajstić information content (AvgIpc) is 3.60. The fourth-order valence-corrected chi connectivity index (χ4v) is 4.93. The smallest absolute Gasteiger partial charge is 0.273 e. The van der Waals surface area contributed by atoms with Gasteiger partial charge in [0.05, 0.1) is 26.0 Å². The second-order valence-corrected chi connectivity index (χ2v) is 9.34. The summed E-state index contributed by atoms with van der Waals surface area (Å²) in [6.07, 6.45) is 1.66. The second-order valence-electron chi connectivity index (χ2n) is 8.57. The van der Waals surface area contributed by atoms with Crippen molar-refractivity contribution >= 4 is 40.6 Å². The van der Waals surface area contributed by atoms with Crippen molar-refractivity contribution in [3.05, 3.63) is 64.7 Å². The minimum atomic E-state index is -1.11. The van der Waals surface area contributed by atoms with Crippen LogP contribution in [0.5, 0.6) is 11.5 Å². The molecule has 3 aromatic rings. The maximum Gasteiger partial charge on any atom is 0.273 e. The monoisotopic (exact) mass is 539 g/mol. The number of hydrogen-bond donors (Lipinski definition) is 3. The number of nitrogens with zero attached hydrogens (tertiary/aromatic N) is 2. The molecule has 3 amide bonds. The summed E-state index contributed by atoms with van der Waals surface area (Å²) in [5.41, 5.74) is 12.1. The van der Waals surface area contributed by atoms with E-state index in [0.29, 0.717) is 35.9 Å². The molecule has 4 rings (SSSR count). The summed E-state index contributed by atoms with van der Waals surface area (Å²) < 4.78 is 20.2. The maximum atomic E-state index is 14.1. The van der Waals surface area contributed by atoms with Crippen molar-refractivity contribution in [3.63, 3.8) is 0 Å². The normalized spacial score (nSPS) is 15.5. The SMILES string of the molecule is COc1ccc([C@H](C(=O)NC[C@H]2CCCO2)N(C(=O)c2snc(C(N)=O)c2N)c2ccc(OC)cc2)cc1. The minimum Gasteiger partial charge on any atom is -0.497 e. The molecule has 1 aliphatic heterocycles. The largest absolute Gasteiger partial charge is 0.497 e. The molecule has 1 saturated heterocycles. The van der Waals surface area contributed by atoms with Crippen LogP contribution in [0.2, 0.25) is 0 Å². The fraction of sp³-hybridized carbons (Fsp3) is 0.308. The number of methoxy groups -OCH3 is 2. The van der Waals surface area contributed by atoms with Gasteiger partial charge in [-0.1, -0.05) is 12.1 Å². The van der Waals surface area contributed by atoms with Crippen molar-refractivity contribution in [1.29, 1.82) is 0 Å². The van der Waals surface area contributed by atoms with Crippen LogP contribution in [-0.4, -0.2) is 55.6 Å². The number of nitrogens with one attached hydrogen (secondary N) is 1. The first-order valence-corrected chi connectivity index (χ1v) is 12.7. The van der Waals surface area contributed by atoms with Gasteiger partial charge in [-0.25, -0.2) is 0 Å². The molecule has 0 radical (unpaired) electrons. The average molecular weight is 540 g/mol. The second kappa shape index (κ2) is 11.9. The van der Waals surface area contributed by atoms with E-state index in [9.17, 15) is 14.4 Å². The van der Waals surface area contributed by atoms with E-state index in [1.165, 1.54) is 19.1 Å². The number of carbonyl (C=O) groups excluding carboxylic acids is 3. The number of benzene rings is 2. The highest BCUT2D eigenvalue weighted by molar-refractivity contribution is 7.09. The van der Waals surface area contributed by atoms with Crippen LogP contribution in [0.3, 0.4) is 0 Å². The van der Waals surface area contributed by atoms with Crippen molar-refractivity contribution in [2.75, 3.05) is 38.0 Å². The first-order valence-electron chi connectivity index (χ1n) is 11.9. The quantitative estimate of drug-likeness (QED) is 0.354. The van der Waals surface area contributed by atoms with Gasteiger partial charge in [0.15, 0.2) is 5.69 Å². The lowest BCUT2D eigenvalue weighted by Crippen LogP contribution is -2.45. The van der Waals surface area contributed by atoms with Gasteiger partial charge in [-0.3, -0.25) is 19.3 Å². The third-order valence-electron chi connectivity index (χ3n) is 6.19. The number of aromatic nitrogens is 1. The van der Waals surface area contributed by atoms with Crippen molar-refractivity contribution in [1.82, 2.24) is 9.69 Å². The molecule has 0 spiro atoms. The van der Waals surface area contributed by atoms with Crippen molar-refractivity contribution in [3.8, 4) is 11.5 Å². The van der Waals surface area contributed by atoms with E-state index in [0.717, 1.165) is 24.4 Å². The number of rotatable bonds is 10. The molecule has 0 unspecified atom stereocenters. The Morgan fingerprint density at radius 3 is 2.26 bits per heavy atom. The molecule has 5 N–H and O–H groups in total. The summed E-state index contributed by atoms with van der Waals surface area (Å²) in [5, 5.41) is 2.94. The number of amides is 3. The van der Waals surface area contributed by atoms with E-state index >= 15 is 0 Å². The third-order valence-corrected chi connectivity index (χ3v) is 7.04. The Morgan fingerprint density at radius 1 is 1.11 bits per heavy atom. The van der Waals surface area contributed by atoms with Crippen LogP contribution in [-0.2, 0) is 9.53 Å². The zero-order valence-corrected chi connectivity index (χ0v) is 21.8. The summed E-state index contributed by atoms with van der Waals surface area (Å²) in [7, 11) is 3.07. The van der Waals surface area contributed by atoms with Crippen LogP contribution in [0, 0.1) is 0 Å². The number of primary amides is 1. The number of nitrogens with two attached hydrogens (primary N) is 2. The van der Waals surface area contributed by atoms with Crippen molar-refractivity contribution in [2.45, 2.75) is 25.0 Å². The van der Waals surface area contributed by atoms with Crippen LogP contribution >= 0.6 is 11.5 Å². The van der Waals surface area contributed by atoms with Crippen LogP contribution in [0.15, 0.2) is 48.5 Å². The molecule has 200 valence electrons. The highest BCUT2D eigenvalue weighted by Crippen LogP contribution is 2.34. The van der Waals surface area contributed by atoms with Crippen LogP contribution in [0.25, 0.3) is 0 Å². The zero-order chi connectivity index (χ0) is 27.2. The number of hydrogen-bond acceptors (Lipinski definition) is 9. The van der Waals surface area contributed by atoms with Gasteiger partial charge in [-0.05, 0) is 66.3 Å². The molecule has 1 aromatic heterocycles. The van der Waals surface area contributed by atoms with Crippen molar-refractivity contribution < 1.29 is 28.6 Å². The molecule has 0 aliphatic carbocycles. The minimum absolute atomic E-state index is 0.0138. The third kappa shape index (κ3) is 5.71. The lowest BCUT2D eigenvalue weighted by molar-refractivity contribution is -0.123. The molecule has 0 bridgehead atoms. The summed E-state index contributed by atoms with van der Waals surface area (Å²) in [4.78, 5) is 40.9. The Labute approximate surface area is 223 Å². The van der Waals surface area contributed by atoms with Crippen LogP contribution in [0.1, 0.15) is 44.6 Å². The van der Waals surface area contributed by atoms with Crippen LogP contribution in [0.4, 0.5) is 11.4 Å². The van der Waals surface area contributed by atoms with E-state index < -0.39 is 23.8 Å². The molecule has 12 heteroatoms. The predicted octanol–water partition coefficient (Wildman–Crippen LogP) is 2.52. The van der Waals surface area contributed by atoms with Gasteiger partial charge in [0, 0.05) is 18.8 Å². The number of anilines is 2. The number of carbonyl (C=O) groups is 3. The molecule has 2 atom stereocenters. The molecular formula is C26H29N5O6S. The van der Waals surface area contributed by atoms with E-state index in [4.69, 9.17) is 25.7 Å². The summed E-state index contributed by atoms with van der Waals surface area (Å²) in [6.45, 7) is 0.941. The van der Waals surface area contributed by atoms with Gasteiger partial charge in [0.25, 0.3) is 11.8 Å². The van der Waals surface area contributed by atoms with E-state index in [-0.39, 0.29) is 22.4 Å². The summed E-state index contributed by atoms with van der Waals surface area (Å²) in [5.74, 6) is -0.737. The first-order chi connectivity index (χ1) is 18.3. The van der Waals surface area contributed by atoms with Crippen molar-refractivity contribution in [2.24, 2.45) is 5.73 Å². The number of nitrogen functional groups attached to an aromatic ring is 1. The van der Waals surface area contributed by atoms with Gasteiger partial charge < -0.3 is 31.0 Å². The Kier molecular flexibility index (Phi) is 8.44. The van der Waals surface area contributed by atoms with Gasteiger partial charge in [0.1, 0.15) is 22.4 Å². The summed E-state index contributed by atoms with van der Waals surface area (Å²) >= 11 is 0.744. The molecule has 0 saturated carbocycles. The first kappa shape index (κ1) is 26.9. The molecule has 2 aromatic carbocycles. The van der Waals surface area contributed by atoms with E-state index in [1.807, 2.05) is 0 Å². The molecule has 2 heterocycles. The van der Waals surface area contributed by atoms with Gasteiger partial charge in [-0.15, -0.1) is 0 Å². The van der Waals surface area contributed by atoms with E-state index in [2.05, 4.69) is 9.69 Å². The molecule has 38 heavy (non-hydrogen) atoms. The molecule has 1 fully saturated rings. The Bertz CT molecular complexity index is 1290. The topological polar surface area (TPSA) is 159 Å². The highest BCUT2D eigenvalue weighted by Gasteiger charge is 2.36. The Balaban J connectivity index is 1.80. The maximum absolute atomic E-state index is 14.1. The van der Waals surface area contributed by atoms with E-state index in [1.54, 1.807) is 48.5 Å². The molecule has 11 nitrogen and oxygen atoms in total. The zero-order valence-electron chi connectivity index (χ0n) is 21.0. The van der Waals surface area contributed by atoms with Crippen LogP contribution < -0.4 is 31.2 Å². The Morgan fingerprint density at radius 2 is 1.74 bits per heavy atom. The fourth-order valence-electron chi connectivity index (χ4n) is 4.19. The van der Waals surface area contributed by atoms with Gasteiger partial charge >= 0.3 is 0 Å².